The van der Waals surface area contributed by atoms with Gasteiger partial charge >= 0.3 is 5.97 Å². The predicted octanol–water partition coefficient (Wildman–Crippen LogP) is 2.49. The van der Waals surface area contributed by atoms with E-state index in [1.807, 2.05) is 23.6 Å². The molecule has 1 N–H and O–H groups in total. The lowest BCUT2D eigenvalue weighted by Gasteiger charge is -2.33. The minimum absolute atomic E-state index is 0.151. The molecule has 1 aromatic heterocycles. The quantitative estimate of drug-likeness (QED) is 0.945. The van der Waals surface area contributed by atoms with Crippen LogP contribution in [0.4, 0.5) is 0 Å². The van der Waals surface area contributed by atoms with Gasteiger partial charge in [0.15, 0.2) is 0 Å². The first-order valence-corrected chi connectivity index (χ1v) is 8.04. The van der Waals surface area contributed by atoms with Gasteiger partial charge in [-0.2, -0.15) is 0 Å². The Morgan fingerprint density at radius 1 is 1.35 bits per heavy atom. The van der Waals surface area contributed by atoms with E-state index in [0.29, 0.717) is 18.0 Å². The largest absolute Gasteiger partial charge is 0.477 e. The molecule has 1 aliphatic rings. The van der Waals surface area contributed by atoms with E-state index in [-0.39, 0.29) is 5.56 Å². The number of carboxylic acid groups (broad SMARTS) is 1. The van der Waals surface area contributed by atoms with Gasteiger partial charge in [0.2, 0.25) is 5.43 Å². The van der Waals surface area contributed by atoms with Crippen LogP contribution in [0.2, 0.25) is 0 Å². The Kier molecular flexibility index (Phi) is 4.22. The summed E-state index contributed by atoms with van der Waals surface area (Å²) in [5.74, 6) is -1.16. The van der Waals surface area contributed by atoms with Gasteiger partial charge in [-0.15, -0.1) is 0 Å². The number of hydrogen-bond donors (Lipinski definition) is 1. The molecule has 0 spiro atoms. The number of carboxylic acids is 1. The first-order valence-electron chi connectivity index (χ1n) is 8.04. The minimum Gasteiger partial charge on any atom is -0.477 e. The molecule has 23 heavy (non-hydrogen) atoms. The molecule has 0 amide bonds. The highest BCUT2D eigenvalue weighted by molar-refractivity contribution is 5.92. The maximum absolute atomic E-state index is 12.4. The molecular formula is C18H22N2O3. The van der Waals surface area contributed by atoms with E-state index in [1.165, 1.54) is 19.0 Å². The van der Waals surface area contributed by atoms with Gasteiger partial charge in [-0.05, 0) is 45.5 Å². The summed E-state index contributed by atoms with van der Waals surface area (Å²) in [7, 11) is 2.11. The first kappa shape index (κ1) is 15.7. The zero-order chi connectivity index (χ0) is 16.6. The minimum atomic E-state index is -1.16. The van der Waals surface area contributed by atoms with Crippen molar-refractivity contribution in [2.75, 3.05) is 13.6 Å². The lowest BCUT2D eigenvalue weighted by Crippen LogP contribution is -2.39. The standard InChI is InChI=1S/C18H22N2O3/c1-12-6-7-16-14(9-12)17(21)15(18(22)23)11-20(16)10-13-5-3-4-8-19(13)2/h6-7,9,11,13H,3-5,8,10H2,1-2H3,(H,22,23). The summed E-state index contributed by atoms with van der Waals surface area (Å²) in [6, 6.07) is 6.03. The molecule has 0 aliphatic carbocycles. The van der Waals surface area contributed by atoms with E-state index < -0.39 is 11.4 Å². The predicted molar refractivity (Wildman–Crippen MR) is 90.2 cm³/mol. The van der Waals surface area contributed by atoms with E-state index in [4.69, 9.17) is 0 Å². The zero-order valence-electron chi connectivity index (χ0n) is 13.6. The summed E-state index contributed by atoms with van der Waals surface area (Å²) in [4.78, 5) is 26.2. The number of aromatic nitrogens is 1. The molecule has 2 heterocycles. The smallest absolute Gasteiger partial charge is 0.341 e. The van der Waals surface area contributed by atoms with Gasteiger partial charge in [0.25, 0.3) is 0 Å². The number of rotatable bonds is 3. The molecule has 0 saturated carbocycles. The Bertz CT molecular complexity index is 810. The van der Waals surface area contributed by atoms with Gasteiger partial charge in [-0.3, -0.25) is 4.79 Å². The lowest BCUT2D eigenvalue weighted by atomic mass is 10.0. The molecule has 0 bridgehead atoms. The molecule has 5 heteroatoms. The third-order valence-electron chi connectivity index (χ3n) is 4.80. The van der Waals surface area contributed by atoms with Gasteiger partial charge in [-0.25, -0.2) is 4.79 Å². The van der Waals surface area contributed by atoms with Gasteiger partial charge in [0.05, 0.1) is 5.52 Å². The summed E-state index contributed by atoms with van der Waals surface area (Å²) < 4.78 is 1.94. The molecule has 0 radical (unpaired) electrons. The number of pyridine rings is 1. The number of aromatic carboxylic acids is 1. The molecular weight excluding hydrogens is 292 g/mol. The van der Waals surface area contributed by atoms with Crippen LogP contribution in [-0.2, 0) is 6.54 Å². The van der Waals surface area contributed by atoms with Crippen LogP contribution < -0.4 is 5.43 Å². The summed E-state index contributed by atoms with van der Waals surface area (Å²) >= 11 is 0. The van der Waals surface area contributed by atoms with Crippen molar-refractivity contribution in [2.45, 2.75) is 38.8 Å². The van der Waals surface area contributed by atoms with Crippen molar-refractivity contribution in [1.82, 2.24) is 9.47 Å². The third kappa shape index (κ3) is 3.01. The van der Waals surface area contributed by atoms with Crippen LogP contribution >= 0.6 is 0 Å². The highest BCUT2D eigenvalue weighted by Crippen LogP contribution is 2.20. The Labute approximate surface area is 135 Å². The number of benzene rings is 1. The molecule has 1 aromatic carbocycles. The topological polar surface area (TPSA) is 62.5 Å². The summed E-state index contributed by atoms with van der Waals surface area (Å²) in [6.45, 7) is 3.68. The van der Waals surface area contributed by atoms with Crippen molar-refractivity contribution >= 4 is 16.9 Å². The van der Waals surface area contributed by atoms with Gasteiger partial charge < -0.3 is 14.6 Å². The van der Waals surface area contributed by atoms with Crippen LogP contribution in [0.5, 0.6) is 0 Å². The molecule has 2 aromatic rings. The fourth-order valence-corrected chi connectivity index (χ4v) is 3.42. The molecule has 1 unspecified atom stereocenters. The van der Waals surface area contributed by atoms with E-state index in [2.05, 4.69) is 11.9 Å². The monoisotopic (exact) mass is 314 g/mol. The number of piperidine rings is 1. The fraction of sp³-hybridized carbons (Fsp3) is 0.444. The Hall–Kier alpha value is -2.14. The maximum Gasteiger partial charge on any atom is 0.341 e. The zero-order valence-corrected chi connectivity index (χ0v) is 13.6. The third-order valence-corrected chi connectivity index (χ3v) is 4.80. The van der Waals surface area contributed by atoms with E-state index in [9.17, 15) is 14.7 Å². The summed E-state index contributed by atoms with van der Waals surface area (Å²) in [5, 5.41) is 9.84. The van der Waals surface area contributed by atoms with Crippen molar-refractivity contribution in [1.29, 1.82) is 0 Å². The van der Waals surface area contributed by atoms with Gasteiger partial charge in [0.1, 0.15) is 5.56 Å². The van der Waals surface area contributed by atoms with E-state index in [1.54, 1.807) is 6.07 Å². The van der Waals surface area contributed by atoms with Crippen molar-refractivity contribution in [3.8, 4) is 0 Å². The van der Waals surface area contributed by atoms with Crippen LogP contribution in [0.3, 0.4) is 0 Å². The highest BCUT2D eigenvalue weighted by Gasteiger charge is 2.21. The van der Waals surface area contributed by atoms with Crippen molar-refractivity contribution < 1.29 is 9.90 Å². The Balaban J connectivity index is 2.13. The first-order chi connectivity index (χ1) is 11.0. The molecule has 3 rings (SSSR count). The van der Waals surface area contributed by atoms with Crippen LogP contribution in [0.15, 0.2) is 29.2 Å². The van der Waals surface area contributed by atoms with Crippen LogP contribution in [0.1, 0.15) is 35.2 Å². The molecule has 1 atom stereocenters. The Morgan fingerprint density at radius 3 is 2.83 bits per heavy atom. The average molecular weight is 314 g/mol. The summed E-state index contributed by atoms with van der Waals surface area (Å²) in [6.07, 6.45) is 5.00. The second kappa shape index (κ2) is 6.16. The van der Waals surface area contributed by atoms with E-state index in [0.717, 1.165) is 24.0 Å². The molecule has 1 aliphatic heterocycles. The van der Waals surface area contributed by atoms with E-state index >= 15 is 0 Å². The Morgan fingerprint density at radius 2 is 2.13 bits per heavy atom. The number of carbonyl (C=O) groups is 1. The van der Waals surface area contributed by atoms with Crippen LogP contribution in [0.25, 0.3) is 10.9 Å². The highest BCUT2D eigenvalue weighted by atomic mass is 16.4. The maximum atomic E-state index is 12.4. The van der Waals surface area contributed by atoms with Crippen molar-refractivity contribution in [3.63, 3.8) is 0 Å². The summed E-state index contributed by atoms with van der Waals surface area (Å²) in [5.41, 5.74) is 1.22. The number of aryl methyl sites for hydroxylation is 1. The van der Waals surface area contributed by atoms with Crippen LogP contribution in [-0.4, -0.2) is 40.2 Å². The van der Waals surface area contributed by atoms with Crippen LogP contribution in [0, 0.1) is 6.92 Å². The molecule has 1 fully saturated rings. The van der Waals surface area contributed by atoms with Gasteiger partial charge in [-0.1, -0.05) is 18.1 Å². The normalized spacial score (nSPS) is 19.1. The number of hydrogen-bond acceptors (Lipinski definition) is 3. The second-order valence-electron chi connectivity index (χ2n) is 6.48. The molecule has 122 valence electrons. The molecule has 5 nitrogen and oxygen atoms in total. The fourth-order valence-electron chi connectivity index (χ4n) is 3.42. The SMILES string of the molecule is Cc1ccc2c(c1)c(=O)c(C(=O)O)cn2CC1CCCCN1C. The average Bonchev–Trinajstić information content (AvgIpc) is 2.52. The number of nitrogens with zero attached hydrogens (tertiary/aromatic N) is 2. The van der Waals surface area contributed by atoms with Gasteiger partial charge in [0, 0.05) is 24.2 Å². The number of likely N-dealkylation sites (tertiary alicyclic amines) is 1. The number of likely N-dealkylation sites (N-methyl/N-ethyl adjacent to an activating group) is 1. The van der Waals surface area contributed by atoms with Crippen molar-refractivity contribution in [3.05, 3.63) is 45.7 Å². The lowest BCUT2D eigenvalue weighted by molar-refractivity contribution is 0.0694. The molecule has 1 saturated heterocycles. The van der Waals surface area contributed by atoms with Crippen molar-refractivity contribution in [2.24, 2.45) is 0 Å². The number of fused-ring (bicyclic) bond motifs is 1. The second-order valence-corrected chi connectivity index (χ2v) is 6.48.